The predicted octanol–water partition coefficient (Wildman–Crippen LogP) is 1.67. The highest BCUT2D eigenvalue weighted by atomic mass is 35.5. The van der Waals surface area contributed by atoms with E-state index in [0.29, 0.717) is 13.0 Å². The van der Waals surface area contributed by atoms with Crippen LogP contribution in [-0.2, 0) is 6.42 Å². The Balaban J connectivity index is 0.00000144. The monoisotopic (exact) mass is 223 g/mol. The van der Waals surface area contributed by atoms with Crippen LogP contribution >= 0.6 is 24.0 Å². The van der Waals surface area contributed by atoms with Gasteiger partial charge in [0.15, 0.2) is 11.5 Å². The van der Waals surface area contributed by atoms with Gasteiger partial charge in [-0.05, 0) is 24.6 Å². The molecule has 0 spiro atoms. The lowest BCUT2D eigenvalue weighted by molar-refractivity contribution is 0.403. The first-order valence-corrected chi connectivity index (χ1v) is 3.94. The molecule has 0 saturated carbocycles. The summed E-state index contributed by atoms with van der Waals surface area (Å²) < 4.78 is 0. The van der Waals surface area contributed by atoms with E-state index in [9.17, 15) is 5.11 Å². The van der Waals surface area contributed by atoms with E-state index in [-0.39, 0.29) is 28.9 Å². The molecule has 0 fully saturated rings. The third-order valence-electron chi connectivity index (χ3n) is 1.59. The Hall–Kier alpha value is -0.640. The van der Waals surface area contributed by atoms with Gasteiger partial charge >= 0.3 is 0 Å². The molecule has 3 nitrogen and oxygen atoms in total. The summed E-state index contributed by atoms with van der Waals surface area (Å²) in [7, 11) is 0. The molecule has 1 aromatic carbocycles. The number of benzene rings is 1. The quantitative estimate of drug-likeness (QED) is 0.669. The zero-order valence-corrected chi connectivity index (χ0v) is 8.40. The SMILES string of the molecule is Cl.NCCc1ccc(O)c(O)c1Cl. The fourth-order valence-electron chi connectivity index (χ4n) is 0.945. The van der Waals surface area contributed by atoms with Crippen molar-refractivity contribution in [1.29, 1.82) is 0 Å². The molecule has 1 rings (SSSR count). The van der Waals surface area contributed by atoms with Crippen LogP contribution in [0.3, 0.4) is 0 Å². The summed E-state index contributed by atoms with van der Waals surface area (Å²) in [5.74, 6) is -0.483. The molecule has 4 N–H and O–H groups in total. The van der Waals surface area contributed by atoms with Crippen LogP contribution in [0.4, 0.5) is 0 Å². The second kappa shape index (κ2) is 5.17. The zero-order valence-electron chi connectivity index (χ0n) is 6.83. The Morgan fingerprint density at radius 2 is 1.92 bits per heavy atom. The second-order valence-corrected chi connectivity index (χ2v) is 2.82. The van der Waals surface area contributed by atoms with Gasteiger partial charge in [0.25, 0.3) is 0 Å². The van der Waals surface area contributed by atoms with Gasteiger partial charge in [0.05, 0.1) is 5.02 Å². The fraction of sp³-hybridized carbons (Fsp3) is 0.250. The van der Waals surface area contributed by atoms with Crippen LogP contribution in [0.5, 0.6) is 11.5 Å². The van der Waals surface area contributed by atoms with Gasteiger partial charge in [-0.25, -0.2) is 0 Å². The summed E-state index contributed by atoms with van der Waals surface area (Å²) in [6, 6.07) is 3.04. The molecule has 5 heteroatoms. The maximum atomic E-state index is 9.19. The first-order valence-electron chi connectivity index (χ1n) is 3.56. The second-order valence-electron chi connectivity index (χ2n) is 2.45. The van der Waals surface area contributed by atoms with E-state index in [1.165, 1.54) is 6.07 Å². The van der Waals surface area contributed by atoms with Crippen LogP contribution in [0, 0.1) is 0 Å². The molecule has 0 heterocycles. The topological polar surface area (TPSA) is 66.5 Å². The Morgan fingerprint density at radius 1 is 1.31 bits per heavy atom. The van der Waals surface area contributed by atoms with Crippen LogP contribution in [0.25, 0.3) is 0 Å². The van der Waals surface area contributed by atoms with Crippen molar-refractivity contribution in [3.63, 3.8) is 0 Å². The van der Waals surface area contributed by atoms with Crippen LogP contribution < -0.4 is 5.73 Å². The van der Waals surface area contributed by atoms with Crippen molar-refractivity contribution < 1.29 is 10.2 Å². The summed E-state index contributed by atoms with van der Waals surface area (Å²) in [6.07, 6.45) is 0.590. The molecule has 0 amide bonds. The number of phenols is 2. The smallest absolute Gasteiger partial charge is 0.176 e. The van der Waals surface area contributed by atoms with Crippen molar-refractivity contribution in [3.05, 3.63) is 22.7 Å². The van der Waals surface area contributed by atoms with Crippen LogP contribution in [0.15, 0.2) is 12.1 Å². The lowest BCUT2D eigenvalue weighted by atomic mass is 10.1. The number of aromatic hydroxyl groups is 2. The lowest BCUT2D eigenvalue weighted by Crippen LogP contribution is -2.02. The molecule has 0 aliphatic rings. The molecule has 0 saturated heterocycles. The molecular formula is C8H11Cl2NO2. The van der Waals surface area contributed by atoms with Gasteiger partial charge in [-0.1, -0.05) is 17.7 Å². The number of halogens is 2. The summed E-state index contributed by atoms with van der Waals surface area (Å²) in [5.41, 5.74) is 6.06. The molecule has 0 radical (unpaired) electrons. The maximum Gasteiger partial charge on any atom is 0.176 e. The molecule has 74 valence electrons. The number of hydrogen-bond donors (Lipinski definition) is 3. The molecule has 1 aromatic rings. The Bertz CT molecular complexity index is 292. The Morgan fingerprint density at radius 3 is 2.46 bits per heavy atom. The molecule has 0 unspecified atom stereocenters. The largest absolute Gasteiger partial charge is 0.504 e. The first-order chi connectivity index (χ1) is 5.66. The van der Waals surface area contributed by atoms with E-state index in [4.69, 9.17) is 22.4 Å². The van der Waals surface area contributed by atoms with Crippen molar-refractivity contribution in [2.45, 2.75) is 6.42 Å². The van der Waals surface area contributed by atoms with E-state index in [1.807, 2.05) is 0 Å². The lowest BCUT2D eigenvalue weighted by Gasteiger charge is -2.05. The molecule has 0 atom stereocenters. The van der Waals surface area contributed by atoms with Gasteiger partial charge in [-0.15, -0.1) is 12.4 Å². The van der Waals surface area contributed by atoms with E-state index in [0.717, 1.165) is 5.56 Å². The Labute approximate surface area is 87.5 Å². The van der Waals surface area contributed by atoms with Crippen molar-refractivity contribution in [2.75, 3.05) is 6.54 Å². The third-order valence-corrected chi connectivity index (χ3v) is 2.01. The van der Waals surface area contributed by atoms with Gasteiger partial charge in [0, 0.05) is 0 Å². The fourth-order valence-corrected chi connectivity index (χ4v) is 1.20. The van der Waals surface area contributed by atoms with Crippen LogP contribution in [-0.4, -0.2) is 16.8 Å². The molecule has 0 aromatic heterocycles. The Kier molecular flexibility index (Phi) is 4.91. The highest BCUT2D eigenvalue weighted by molar-refractivity contribution is 6.33. The van der Waals surface area contributed by atoms with Gasteiger partial charge in [0.1, 0.15) is 0 Å². The molecule has 0 bridgehead atoms. The molecule has 13 heavy (non-hydrogen) atoms. The average Bonchev–Trinajstić information content (AvgIpc) is 2.07. The third kappa shape index (κ3) is 2.66. The summed E-state index contributed by atoms with van der Waals surface area (Å²) in [4.78, 5) is 0. The first kappa shape index (κ1) is 12.4. The van der Waals surface area contributed by atoms with Crippen LogP contribution in [0.1, 0.15) is 5.56 Å². The highest BCUT2D eigenvalue weighted by Crippen LogP contribution is 2.35. The van der Waals surface area contributed by atoms with Gasteiger partial charge in [-0.3, -0.25) is 0 Å². The zero-order chi connectivity index (χ0) is 9.14. The molecule has 0 aliphatic carbocycles. The summed E-state index contributed by atoms with van der Waals surface area (Å²) >= 11 is 5.71. The van der Waals surface area contributed by atoms with Crippen molar-refractivity contribution in [3.8, 4) is 11.5 Å². The molecule has 0 aliphatic heterocycles. The van der Waals surface area contributed by atoms with Crippen molar-refractivity contribution >= 4 is 24.0 Å². The van der Waals surface area contributed by atoms with E-state index in [2.05, 4.69) is 0 Å². The minimum absolute atomic E-state index is 0. The number of rotatable bonds is 2. The average molecular weight is 224 g/mol. The van der Waals surface area contributed by atoms with Crippen molar-refractivity contribution in [1.82, 2.24) is 0 Å². The number of nitrogens with two attached hydrogens (primary N) is 1. The molecular weight excluding hydrogens is 213 g/mol. The van der Waals surface area contributed by atoms with Gasteiger partial charge in [0.2, 0.25) is 0 Å². The summed E-state index contributed by atoms with van der Waals surface area (Å²) in [5, 5.41) is 18.4. The minimum Gasteiger partial charge on any atom is -0.504 e. The number of phenolic OH excluding ortho intramolecular Hbond substituents is 2. The van der Waals surface area contributed by atoms with Gasteiger partial charge < -0.3 is 15.9 Å². The standard InChI is InChI=1S/C8H10ClNO2.ClH/c9-7-5(3-4-10)1-2-6(11)8(7)12;/h1-2,11-12H,3-4,10H2;1H. The highest BCUT2D eigenvalue weighted by Gasteiger charge is 2.08. The number of hydrogen-bond acceptors (Lipinski definition) is 3. The van der Waals surface area contributed by atoms with Gasteiger partial charge in [-0.2, -0.15) is 0 Å². The minimum atomic E-state index is -0.275. The van der Waals surface area contributed by atoms with Crippen LogP contribution in [0.2, 0.25) is 5.02 Å². The predicted molar refractivity (Wildman–Crippen MR) is 54.8 cm³/mol. The summed E-state index contributed by atoms with van der Waals surface area (Å²) in [6.45, 7) is 0.462. The van der Waals surface area contributed by atoms with Crippen molar-refractivity contribution in [2.24, 2.45) is 5.73 Å². The normalized spacial score (nSPS) is 9.38. The van der Waals surface area contributed by atoms with E-state index in [1.54, 1.807) is 6.07 Å². The van der Waals surface area contributed by atoms with E-state index < -0.39 is 0 Å². The maximum absolute atomic E-state index is 9.19. The van der Waals surface area contributed by atoms with E-state index >= 15 is 0 Å².